The number of likely N-dealkylation sites (tertiary alicyclic amines) is 1. The van der Waals surface area contributed by atoms with Crippen LogP contribution in [0, 0.1) is 0 Å². The fourth-order valence-corrected chi connectivity index (χ4v) is 1.53. The van der Waals surface area contributed by atoms with Crippen LogP contribution in [0.4, 0.5) is 0 Å². The van der Waals surface area contributed by atoms with Crippen LogP contribution in [0.2, 0.25) is 0 Å². The number of rotatable bonds is 3. The molecular weight excluding hydrogens is 153 g/mol. The Hall–Kier alpha value is -0.505. The van der Waals surface area contributed by atoms with E-state index in [2.05, 4.69) is 9.55 Å². The maximum absolute atomic E-state index is 10.8. The molecule has 0 unspecified atom stereocenters. The molecule has 0 spiro atoms. The first kappa shape index (κ1) is 9.58. The third kappa shape index (κ3) is 3.26. The second-order valence-electron chi connectivity index (χ2n) is 3.23. The summed E-state index contributed by atoms with van der Waals surface area (Å²) in [7, 11) is 1.44. The average Bonchev–Trinajstić information content (AvgIpc) is 2.16. The number of nitrogens with zero attached hydrogens (tertiary/aromatic N) is 1. The lowest BCUT2D eigenvalue weighted by Gasteiger charge is -2.25. The Morgan fingerprint density at radius 3 is 2.58 bits per heavy atom. The van der Waals surface area contributed by atoms with Gasteiger partial charge in [0.15, 0.2) is 0 Å². The van der Waals surface area contributed by atoms with Crippen molar-refractivity contribution in [2.75, 3.05) is 19.6 Å². The highest BCUT2D eigenvalue weighted by Crippen LogP contribution is 2.08. The van der Waals surface area contributed by atoms with E-state index in [1.807, 2.05) is 0 Å². The molecule has 1 aliphatic rings. The minimum Gasteiger partial charge on any atom is -0.543 e. The summed E-state index contributed by atoms with van der Waals surface area (Å²) >= 11 is 0. The molecule has 0 aromatic rings. The molecule has 0 aromatic heterocycles. The van der Waals surface area contributed by atoms with Crippen molar-refractivity contribution in [1.29, 1.82) is 0 Å². The maximum atomic E-state index is 10.8. The van der Waals surface area contributed by atoms with Crippen molar-refractivity contribution >= 4 is 14.0 Å². The van der Waals surface area contributed by atoms with Crippen LogP contribution in [-0.2, 0) is 9.45 Å². The molecule has 0 saturated carbocycles. The van der Waals surface area contributed by atoms with E-state index in [9.17, 15) is 4.79 Å². The van der Waals surface area contributed by atoms with Crippen LogP contribution in [0.15, 0.2) is 0 Å². The Morgan fingerprint density at radius 1 is 1.33 bits per heavy atom. The second-order valence-corrected chi connectivity index (χ2v) is 3.23. The monoisotopic (exact) mass is 169 g/mol. The Labute approximate surface area is 74.5 Å². The Kier molecular flexibility index (Phi) is 4.15. The summed E-state index contributed by atoms with van der Waals surface area (Å²) < 4.78 is 4.58. The van der Waals surface area contributed by atoms with Gasteiger partial charge in [-0.05, 0) is 25.9 Å². The molecule has 1 fully saturated rings. The van der Waals surface area contributed by atoms with Gasteiger partial charge >= 0.3 is 8.05 Å². The number of carbonyl (C=O) groups is 1. The van der Waals surface area contributed by atoms with Crippen LogP contribution in [0.3, 0.4) is 0 Å². The second kappa shape index (κ2) is 5.20. The summed E-state index contributed by atoms with van der Waals surface area (Å²) in [6.45, 7) is 3.17. The quantitative estimate of drug-likeness (QED) is 0.555. The van der Waals surface area contributed by atoms with E-state index >= 15 is 0 Å². The lowest BCUT2D eigenvalue weighted by Crippen LogP contribution is -2.31. The van der Waals surface area contributed by atoms with Gasteiger partial charge in [-0.3, -0.25) is 4.79 Å². The highest BCUT2D eigenvalue weighted by molar-refractivity contribution is 6.05. The molecule has 1 rings (SSSR count). The van der Waals surface area contributed by atoms with Gasteiger partial charge in [0.2, 0.25) is 0 Å². The lowest BCUT2D eigenvalue weighted by molar-refractivity contribution is -0.134. The van der Waals surface area contributed by atoms with Gasteiger partial charge in [0.05, 0.1) is 6.42 Å². The minimum absolute atomic E-state index is 0.0967. The number of piperidine rings is 1. The van der Waals surface area contributed by atoms with Gasteiger partial charge < -0.3 is 9.55 Å². The van der Waals surface area contributed by atoms with Crippen LogP contribution in [0.25, 0.3) is 0 Å². The molecule has 0 N–H and O–H groups in total. The fourth-order valence-electron chi connectivity index (χ4n) is 1.53. The lowest BCUT2D eigenvalue weighted by atomic mass is 10.1. The number of carbonyl (C=O) groups excluding carboxylic acids is 1. The SMILES string of the molecule is BOC(=O)CCN1CCCCC1. The summed E-state index contributed by atoms with van der Waals surface area (Å²) in [5.41, 5.74) is 0. The van der Waals surface area contributed by atoms with Crippen LogP contribution in [-0.4, -0.2) is 38.6 Å². The number of hydrogen-bond donors (Lipinski definition) is 0. The van der Waals surface area contributed by atoms with Gasteiger partial charge in [-0.15, -0.1) is 0 Å². The van der Waals surface area contributed by atoms with E-state index in [0.717, 1.165) is 19.6 Å². The molecule has 68 valence electrons. The van der Waals surface area contributed by atoms with Crippen LogP contribution >= 0.6 is 0 Å². The Bertz CT molecular complexity index is 146. The molecule has 0 aliphatic carbocycles. The van der Waals surface area contributed by atoms with Crippen molar-refractivity contribution in [1.82, 2.24) is 4.90 Å². The zero-order valence-corrected chi connectivity index (χ0v) is 7.71. The van der Waals surface area contributed by atoms with E-state index in [0.29, 0.717) is 6.42 Å². The molecule has 1 heterocycles. The third-order valence-electron chi connectivity index (χ3n) is 2.31. The molecule has 3 nitrogen and oxygen atoms in total. The van der Waals surface area contributed by atoms with Gasteiger partial charge in [-0.2, -0.15) is 0 Å². The standard InChI is InChI=1S/C8H16BNO2/c9-12-8(11)4-7-10-5-2-1-3-6-10/h1-7,9H2. The van der Waals surface area contributed by atoms with Crippen molar-refractivity contribution in [3.8, 4) is 0 Å². The minimum atomic E-state index is -0.0967. The molecule has 12 heavy (non-hydrogen) atoms. The summed E-state index contributed by atoms with van der Waals surface area (Å²) in [4.78, 5) is 13.1. The third-order valence-corrected chi connectivity index (χ3v) is 2.31. The summed E-state index contributed by atoms with van der Waals surface area (Å²) in [5.74, 6) is -0.0967. The first-order valence-electron chi connectivity index (χ1n) is 4.62. The van der Waals surface area contributed by atoms with E-state index in [1.165, 1.54) is 27.3 Å². The highest BCUT2D eigenvalue weighted by Gasteiger charge is 2.10. The molecule has 0 atom stereocenters. The predicted molar refractivity (Wildman–Crippen MR) is 49.5 cm³/mol. The summed E-state index contributed by atoms with van der Waals surface area (Å²) in [6.07, 6.45) is 4.44. The summed E-state index contributed by atoms with van der Waals surface area (Å²) in [6, 6.07) is 0. The van der Waals surface area contributed by atoms with Gasteiger partial charge in [0.25, 0.3) is 5.97 Å². The van der Waals surface area contributed by atoms with E-state index in [1.54, 1.807) is 0 Å². The van der Waals surface area contributed by atoms with Crippen molar-refractivity contribution in [3.05, 3.63) is 0 Å². The molecule has 1 aliphatic heterocycles. The molecule has 4 heteroatoms. The first-order valence-corrected chi connectivity index (χ1v) is 4.62. The van der Waals surface area contributed by atoms with Gasteiger partial charge in [0, 0.05) is 6.54 Å². The van der Waals surface area contributed by atoms with Crippen LogP contribution in [0.5, 0.6) is 0 Å². The van der Waals surface area contributed by atoms with Gasteiger partial charge in [-0.25, -0.2) is 0 Å². The Balaban J connectivity index is 2.09. The largest absolute Gasteiger partial charge is 0.543 e. The van der Waals surface area contributed by atoms with Crippen molar-refractivity contribution in [3.63, 3.8) is 0 Å². The fraction of sp³-hybridized carbons (Fsp3) is 0.875. The van der Waals surface area contributed by atoms with Crippen LogP contribution in [0.1, 0.15) is 25.7 Å². The zero-order chi connectivity index (χ0) is 8.81. The summed E-state index contributed by atoms with van der Waals surface area (Å²) in [5, 5.41) is 0. The molecule has 0 aromatic carbocycles. The zero-order valence-electron chi connectivity index (χ0n) is 7.71. The Morgan fingerprint density at radius 2 is 2.00 bits per heavy atom. The molecule has 0 amide bonds. The molecule has 0 bridgehead atoms. The van der Waals surface area contributed by atoms with Crippen LogP contribution < -0.4 is 0 Å². The van der Waals surface area contributed by atoms with Crippen molar-refractivity contribution in [2.45, 2.75) is 25.7 Å². The molecule has 0 radical (unpaired) electrons. The first-order chi connectivity index (χ1) is 5.83. The topological polar surface area (TPSA) is 29.5 Å². The van der Waals surface area contributed by atoms with E-state index in [-0.39, 0.29) is 5.97 Å². The smallest absolute Gasteiger partial charge is 0.325 e. The van der Waals surface area contributed by atoms with Crippen molar-refractivity contribution in [2.24, 2.45) is 0 Å². The predicted octanol–water partition coefficient (Wildman–Crippen LogP) is -0.0463. The highest BCUT2D eigenvalue weighted by atomic mass is 16.5. The maximum Gasteiger partial charge on any atom is 0.325 e. The molecular formula is C8H16BNO2. The van der Waals surface area contributed by atoms with Gasteiger partial charge in [-0.1, -0.05) is 6.42 Å². The molecule has 1 saturated heterocycles. The average molecular weight is 169 g/mol. The normalized spacial score (nSPS) is 19.0. The van der Waals surface area contributed by atoms with E-state index in [4.69, 9.17) is 0 Å². The van der Waals surface area contributed by atoms with E-state index < -0.39 is 0 Å². The number of hydrogen-bond acceptors (Lipinski definition) is 3. The van der Waals surface area contributed by atoms with Gasteiger partial charge in [0.1, 0.15) is 0 Å². The van der Waals surface area contributed by atoms with Crippen molar-refractivity contribution < 1.29 is 9.45 Å².